The van der Waals surface area contributed by atoms with E-state index in [0.717, 1.165) is 10.9 Å². The number of fused-ring (bicyclic) bond motifs is 1. The zero-order valence-corrected chi connectivity index (χ0v) is 13.2. The van der Waals surface area contributed by atoms with Crippen molar-refractivity contribution >= 4 is 28.4 Å². The molecule has 0 radical (unpaired) electrons. The highest BCUT2D eigenvalue weighted by molar-refractivity contribution is 6.40. The fraction of sp³-hybridized carbons (Fsp3) is 0.111. The van der Waals surface area contributed by atoms with Crippen molar-refractivity contribution in [3.05, 3.63) is 60.3 Å². The summed E-state index contributed by atoms with van der Waals surface area (Å²) in [4.78, 5) is 27.0. The molecule has 3 rings (SSSR count). The van der Waals surface area contributed by atoms with E-state index in [9.17, 15) is 19.8 Å². The Hall–Kier alpha value is -3.32. The maximum Gasteiger partial charge on any atom is 0.313 e. The summed E-state index contributed by atoms with van der Waals surface area (Å²) >= 11 is 0. The van der Waals surface area contributed by atoms with E-state index in [1.807, 2.05) is 6.07 Å². The number of aromatic nitrogens is 1. The lowest BCUT2D eigenvalue weighted by Gasteiger charge is -2.12. The second kappa shape index (κ2) is 7.06. The van der Waals surface area contributed by atoms with E-state index < -0.39 is 17.9 Å². The van der Waals surface area contributed by atoms with Crippen LogP contribution in [-0.4, -0.2) is 33.6 Å². The molecule has 128 valence electrons. The van der Waals surface area contributed by atoms with Gasteiger partial charge in [0.15, 0.2) is 0 Å². The number of phenols is 1. The van der Waals surface area contributed by atoms with E-state index in [1.165, 1.54) is 12.1 Å². The molecule has 0 aliphatic carbocycles. The monoisotopic (exact) mass is 339 g/mol. The molecule has 2 amide bonds. The minimum atomic E-state index is -0.981. The first-order valence-corrected chi connectivity index (χ1v) is 7.67. The predicted molar refractivity (Wildman–Crippen MR) is 93.0 cm³/mol. The lowest BCUT2D eigenvalue weighted by atomic mass is 10.1. The van der Waals surface area contributed by atoms with Crippen molar-refractivity contribution in [3.63, 3.8) is 0 Å². The summed E-state index contributed by atoms with van der Waals surface area (Å²) in [6.45, 7) is -0.120. The average Bonchev–Trinajstić information content (AvgIpc) is 3.09. The maximum absolute atomic E-state index is 12.0. The van der Waals surface area contributed by atoms with E-state index in [-0.39, 0.29) is 12.3 Å². The molecule has 1 aromatic heterocycles. The van der Waals surface area contributed by atoms with E-state index >= 15 is 0 Å². The van der Waals surface area contributed by atoms with E-state index in [1.54, 1.807) is 36.5 Å². The average molecular weight is 339 g/mol. The van der Waals surface area contributed by atoms with Gasteiger partial charge in [-0.2, -0.15) is 0 Å². The van der Waals surface area contributed by atoms with Crippen molar-refractivity contribution in [3.8, 4) is 5.75 Å². The van der Waals surface area contributed by atoms with Gasteiger partial charge in [-0.15, -0.1) is 0 Å². The number of carbonyl (C=O) groups is 2. The van der Waals surface area contributed by atoms with Crippen molar-refractivity contribution in [1.29, 1.82) is 0 Å². The van der Waals surface area contributed by atoms with E-state index in [2.05, 4.69) is 15.6 Å². The molecular formula is C18H17N3O4. The highest BCUT2D eigenvalue weighted by Gasteiger charge is 2.17. The second-order valence-corrected chi connectivity index (χ2v) is 5.52. The molecule has 5 N–H and O–H groups in total. The minimum Gasteiger partial charge on any atom is -0.508 e. The summed E-state index contributed by atoms with van der Waals surface area (Å²) in [5, 5.41) is 25.0. The van der Waals surface area contributed by atoms with Crippen molar-refractivity contribution in [2.24, 2.45) is 0 Å². The standard InChI is InChI=1S/C18H17N3O4/c22-12-6-4-11(5-7-12)16(23)10-20-17(24)18(25)21-15-3-1-2-14-13(15)8-9-19-14/h1-9,16,19,22-23H,10H2,(H,20,24)(H,21,25)/t16-/m0/s1. The summed E-state index contributed by atoms with van der Waals surface area (Å²) in [6, 6.07) is 13.1. The fourth-order valence-corrected chi connectivity index (χ4v) is 2.46. The molecule has 0 fully saturated rings. The first kappa shape index (κ1) is 16.5. The Morgan fingerprint density at radius 2 is 1.80 bits per heavy atom. The minimum absolute atomic E-state index is 0.0818. The Morgan fingerprint density at radius 1 is 1.04 bits per heavy atom. The first-order chi connectivity index (χ1) is 12.0. The van der Waals surface area contributed by atoms with Crippen LogP contribution < -0.4 is 10.6 Å². The Morgan fingerprint density at radius 3 is 2.56 bits per heavy atom. The predicted octanol–water partition coefficient (Wildman–Crippen LogP) is 1.66. The number of hydrogen-bond acceptors (Lipinski definition) is 4. The molecule has 1 atom stereocenters. The topological polar surface area (TPSA) is 114 Å². The highest BCUT2D eigenvalue weighted by atomic mass is 16.3. The smallest absolute Gasteiger partial charge is 0.313 e. The number of aromatic hydroxyl groups is 1. The zero-order valence-electron chi connectivity index (χ0n) is 13.2. The molecule has 7 heteroatoms. The Kier molecular flexibility index (Phi) is 4.67. The summed E-state index contributed by atoms with van der Waals surface area (Å²) in [6.07, 6.45) is 0.763. The second-order valence-electron chi connectivity index (χ2n) is 5.52. The summed E-state index contributed by atoms with van der Waals surface area (Å²) in [5.41, 5.74) is 1.90. The van der Waals surface area contributed by atoms with Crippen molar-refractivity contribution < 1.29 is 19.8 Å². The Labute approximate surface area is 143 Å². The highest BCUT2D eigenvalue weighted by Crippen LogP contribution is 2.22. The summed E-state index contributed by atoms with van der Waals surface area (Å²) < 4.78 is 0. The van der Waals surface area contributed by atoms with Crippen molar-refractivity contribution in [2.75, 3.05) is 11.9 Å². The summed E-state index contributed by atoms with van der Waals surface area (Å²) in [5.74, 6) is -1.57. The molecule has 2 aromatic carbocycles. The van der Waals surface area contributed by atoms with Crippen LogP contribution in [0.5, 0.6) is 5.75 Å². The number of anilines is 1. The molecule has 0 saturated carbocycles. The first-order valence-electron chi connectivity index (χ1n) is 7.67. The third-order valence-corrected chi connectivity index (χ3v) is 3.78. The van der Waals surface area contributed by atoms with Crippen LogP contribution in [0.3, 0.4) is 0 Å². The number of amides is 2. The van der Waals surface area contributed by atoms with Crippen LogP contribution in [0.2, 0.25) is 0 Å². The van der Waals surface area contributed by atoms with Gasteiger partial charge in [0.2, 0.25) is 0 Å². The Balaban J connectivity index is 1.58. The van der Waals surface area contributed by atoms with Crippen molar-refractivity contribution in [2.45, 2.75) is 6.10 Å². The van der Waals surface area contributed by atoms with Gasteiger partial charge >= 0.3 is 11.8 Å². The molecular weight excluding hydrogens is 322 g/mol. The molecule has 0 aliphatic heterocycles. The van der Waals surface area contributed by atoms with Gasteiger partial charge in [0, 0.05) is 23.6 Å². The number of aliphatic hydroxyl groups excluding tert-OH is 1. The number of nitrogens with one attached hydrogen (secondary N) is 3. The SMILES string of the molecule is O=C(NC[C@H](O)c1ccc(O)cc1)C(=O)Nc1cccc2[nH]ccc12. The van der Waals surface area contributed by atoms with Gasteiger partial charge < -0.3 is 25.8 Å². The number of carbonyl (C=O) groups excluding carboxylic acids is 2. The molecule has 0 saturated heterocycles. The number of benzene rings is 2. The van der Waals surface area contributed by atoms with Crippen LogP contribution in [0.4, 0.5) is 5.69 Å². The lowest BCUT2D eigenvalue weighted by molar-refractivity contribution is -0.136. The molecule has 0 bridgehead atoms. The molecule has 0 aliphatic rings. The largest absolute Gasteiger partial charge is 0.508 e. The molecule has 0 unspecified atom stereocenters. The van der Waals surface area contributed by atoms with Gasteiger partial charge in [-0.1, -0.05) is 18.2 Å². The number of rotatable bonds is 4. The van der Waals surface area contributed by atoms with Crippen LogP contribution in [0.1, 0.15) is 11.7 Å². The van der Waals surface area contributed by atoms with Crippen LogP contribution in [0.25, 0.3) is 10.9 Å². The lowest BCUT2D eigenvalue weighted by Crippen LogP contribution is -2.37. The summed E-state index contributed by atoms with van der Waals surface area (Å²) in [7, 11) is 0. The normalized spacial score (nSPS) is 11.9. The van der Waals surface area contributed by atoms with Crippen LogP contribution >= 0.6 is 0 Å². The van der Waals surface area contributed by atoms with Gasteiger partial charge in [-0.3, -0.25) is 9.59 Å². The van der Waals surface area contributed by atoms with Gasteiger partial charge in [0.1, 0.15) is 5.75 Å². The van der Waals surface area contributed by atoms with Gasteiger partial charge in [-0.05, 0) is 35.9 Å². The molecule has 0 spiro atoms. The number of aliphatic hydroxyl groups is 1. The third kappa shape index (κ3) is 3.78. The molecule has 3 aromatic rings. The number of aromatic amines is 1. The zero-order chi connectivity index (χ0) is 17.8. The number of hydrogen-bond donors (Lipinski definition) is 5. The number of phenolic OH excluding ortho intramolecular Hbond substituents is 1. The van der Waals surface area contributed by atoms with E-state index in [4.69, 9.17) is 0 Å². The maximum atomic E-state index is 12.0. The van der Waals surface area contributed by atoms with Gasteiger partial charge in [-0.25, -0.2) is 0 Å². The van der Waals surface area contributed by atoms with Crippen LogP contribution in [-0.2, 0) is 9.59 Å². The fourth-order valence-electron chi connectivity index (χ4n) is 2.46. The van der Waals surface area contributed by atoms with Crippen LogP contribution in [0, 0.1) is 0 Å². The molecule has 1 heterocycles. The van der Waals surface area contributed by atoms with Crippen LogP contribution in [0.15, 0.2) is 54.7 Å². The number of H-pyrrole nitrogens is 1. The van der Waals surface area contributed by atoms with E-state index in [0.29, 0.717) is 11.3 Å². The molecule has 7 nitrogen and oxygen atoms in total. The molecule has 25 heavy (non-hydrogen) atoms. The van der Waals surface area contributed by atoms with Crippen molar-refractivity contribution in [1.82, 2.24) is 10.3 Å². The third-order valence-electron chi connectivity index (χ3n) is 3.78. The quantitative estimate of drug-likeness (QED) is 0.465. The van der Waals surface area contributed by atoms with Gasteiger partial charge in [0.05, 0.1) is 11.8 Å². The Bertz CT molecular complexity index is 902. The van der Waals surface area contributed by atoms with Gasteiger partial charge in [0.25, 0.3) is 0 Å².